The predicted molar refractivity (Wildman–Crippen MR) is 61.5 cm³/mol. The van der Waals surface area contributed by atoms with Crippen LogP contribution in [0.1, 0.15) is 5.56 Å². The average Bonchev–Trinajstić information content (AvgIpc) is 2.25. The fourth-order valence-corrected chi connectivity index (χ4v) is 1.46. The Morgan fingerprint density at radius 1 is 1.07 bits per heavy atom. The molecule has 74 valence electrons. The summed E-state index contributed by atoms with van der Waals surface area (Å²) in [5.74, 6) is 6.03. The van der Waals surface area contributed by atoms with Gasteiger partial charge in [0, 0.05) is 5.56 Å². The maximum Gasteiger partial charge on any atom is 0.116 e. The molecule has 2 heteroatoms. The zero-order valence-electron chi connectivity index (χ0n) is 8.20. The van der Waals surface area contributed by atoms with Gasteiger partial charge in [0.15, 0.2) is 0 Å². The number of nitrogens with two attached hydrogens (primary N) is 1. The van der Waals surface area contributed by atoms with E-state index in [2.05, 4.69) is 11.8 Å². The summed E-state index contributed by atoms with van der Waals surface area (Å²) in [5.41, 5.74) is 6.21. The highest BCUT2D eigenvalue weighted by atomic mass is 16.3. The SMILES string of the molecule is NCC#Cc1ccc2ccc(O)cc2c1. The molecule has 0 aromatic heterocycles. The monoisotopic (exact) mass is 197 g/mol. The molecule has 0 saturated carbocycles. The highest BCUT2D eigenvalue weighted by Crippen LogP contribution is 2.20. The van der Waals surface area contributed by atoms with Gasteiger partial charge in [-0.25, -0.2) is 0 Å². The lowest BCUT2D eigenvalue weighted by molar-refractivity contribution is 0.476. The third-order valence-electron chi connectivity index (χ3n) is 2.16. The molecule has 2 nitrogen and oxygen atoms in total. The van der Waals surface area contributed by atoms with Gasteiger partial charge < -0.3 is 10.8 Å². The highest BCUT2D eigenvalue weighted by molar-refractivity contribution is 5.85. The van der Waals surface area contributed by atoms with Crippen molar-refractivity contribution in [2.45, 2.75) is 0 Å². The van der Waals surface area contributed by atoms with Crippen LogP contribution in [0.2, 0.25) is 0 Å². The molecular formula is C13H11NO. The Morgan fingerprint density at radius 3 is 2.67 bits per heavy atom. The quantitative estimate of drug-likeness (QED) is 0.633. The number of phenolic OH excluding ortho intramolecular Hbond substituents is 1. The van der Waals surface area contributed by atoms with Gasteiger partial charge >= 0.3 is 0 Å². The maximum absolute atomic E-state index is 9.34. The summed E-state index contributed by atoms with van der Waals surface area (Å²) in [7, 11) is 0. The summed E-state index contributed by atoms with van der Waals surface area (Å²) in [6.45, 7) is 0.359. The summed E-state index contributed by atoms with van der Waals surface area (Å²) in [6.07, 6.45) is 0. The van der Waals surface area contributed by atoms with Gasteiger partial charge in [0.2, 0.25) is 0 Å². The van der Waals surface area contributed by atoms with Gasteiger partial charge in [-0.3, -0.25) is 0 Å². The molecule has 0 aliphatic carbocycles. The summed E-state index contributed by atoms with van der Waals surface area (Å²) in [6, 6.07) is 11.1. The van der Waals surface area contributed by atoms with E-state index in [0.29, 0.717) is 6.54 Å². The molecule has 2 rings (SSSR count). The molecule has 0 fully saturated rings. The molecule has 0 heterocycles. The number of hydrogen-bond donors (Lipinski definition) is 2. The van der Waals surface area contributed by atoms with Crippen molar-refractivity contribution < 1.29 is 5.11 Å². The van der Waals surface area contributed by atoms with Gasteiger partial charge in [-0.15, -0.1) is 0 Å². The second-order valence-electron chi connectivity index (χ2n) is 3.25. The Morgan fingerprint density at radius 2 is 1.87 bits per heavy atom. The second-order valence-corrected chi connectivity index (χ2v) is 3.25. The van der Waals surface area contributed by atoms with Gasteiger partial charge in [-0.1, -0.05) is 24.0 Å². The number of aromatic hydroxyl groups is 1. The topological polar surface area (TPSA) is 46.2 Å². The standard InChI is InChI=1S/C13H11NO/c14-7-1-2-10-3-4-11-5-6-13(15)9-12(11)8-10/h3-6,8-9,15H,7,14H2. The third-order valence-corrected chi connectivity index (χ3v) is 2.16. The molecule has 2 aromatic carbocycles. The molecule has 0 bridgehead atoms. The minimum absolute atomic E-state index is 0.270. The van der Waals surface area contributed by atoms with E-state index < -0.39 is 0 Å². The van der Waals surface area contributed by atoms with Gasteiger partial charge in [-0.2, -0.15) is 0 Å². The predicted octanol–water partition coefficient (Wildman–Crippen LogP) is 1.86. The molecule has 0 aliphatic heterocycles. The average molecular weight is 197 g/mol. The van der Waals surface area contributed by atoms with Crippen LogP contribution in [0.3, 0.4) is 0 Å². The van der Waals surface area contributed by atoms with Crippen LogP contribution in [0, 0.1) is 11.8 Å². The van der Waals surface area contributed by atoms with Crippen molar-refractivity contribution in [3.8, 4) is 17.6 Å². The number of phenols is 1. The second kappa shape index (κ2) is 4.04. The van der Waals surface area contributed by atoms with Crippen molar-refractivity contribution in [3.63, 3.8) is 0 Å². The van der Waals surface area contributed by atoms with E-state index >= 15 is 0 Å². The van der Waals surface area contributed by atoms with Crippen LogP contribution in [0.4, 0.5) is 0 Å². The maximum atomic E-state index is 9.34. The lowest BCUT2D eigenvalue weighted by Gasteiger charge is -1.99. The molecule has 0 unspecified atom stereocenters. The minimum atomic E-state index is 0.270. The van der Waals surface area contributed by atoms with Crippen LogP contribution >= 0.6 is 0 Å². The lowest BCUT2D eigenvalue weighted by Crippen LogP contribution is -1.92. The van der Waals surface area contributed by atoms with E-state index in [1.165, 1.54) is 0 Å². The third kappa shape index (κ3) is 2.09. The lowest BCUT2D eigenvalue weighted by atomic mass is 10.1. The normalized spacial score (nSPS) is 9.67. The van der Waals surface area contributed by atoms with Crippen LogP contribution in [-0.4, -0.2) is 11.7 Å². The first-order chi connectivity index (χ1) is 7.29. The molecule has 0 atom stereocenters. The Hall–Kier alpha value is -1.98. The molecule has 0 saturated heterocycles. The molecular weight excluding hydrogens is 186 g/mol. The first-order valence-electron chi connectivity index (χ1n) is 4.71. The molecule has 0 spiro atoms. The van der Waals surface area contributed by atoms with Crippen LogP contribution in [-0.2, 0) is 0 Å². The van der Waals surface area contributed by atoms with Crippen LogP contribution < -0.4 is 5.73 Å². The van der Waals surface area contributed by atoms with Crippen molar-refractivity contribution in [2.24, 2.45) is 5.73 Å². The Kier molecular flexibility index (Phi) is 2.57. The number of hydrogen-bond acceptors (Lipinski definition) is 2. The van der Waals surface area contributed by atoms with Crippen LogP contribution in [0.5, 0.6) is 5.75 Å². The molecule has 15 heavy (non-hydrogen) atoms. The van der Waals surface area contributed by atoms with E-state index in [1.54, 1.807) is 12.1 Å². The van der Waals surface area contributed by atoms with Crippen molar-refractivity contribution in [3.05, 3.63) is 42.0 Å². The summed E-state index contributed by atoms with van der Waals surface area (Å²) in [4.78, 5) is 0. The first kappa shape index (κ1) is 9.57. The zero-order chi connectivity index (χ0) is 10.7. The van der Waals surface area contributed by atoms with Crippen molar-refractivity contribution in [2.75, 3.05) is 6.54 Å². The van der Waals surface area contributed by atoms with Crippen LogP contribution in [0.25, 0.3) is 10.8 Å². The zero-order valence-corrected chi connectivity index (χ0v) is 8.20. The summed E-state index contributed by atoms with van der Waals surface area (Å²) in [5, 5.41) is 11.4. The van der Waals surface area contributed by atoms with E-state index in [0.717, 1.165) is 16.3 Å². The van der Waals surface area contributed by atoms with Crippen LogP contribution in [0.15, 0.2) is 36.4 Å². The number of rotatable bonds is 0. The van der Waals surface area contributed by atoms with Gasteiger partial charge in [0.1, 0.15) is 5.75 Å². The highest BCUT2D eigenvalue weighted by Gasteiger charge is 1.95. The first-order valence-corrected chi connectivity index (χ1v) is 4.71. The molecule has 0 amide bonds. The smallest absolute Gasteiger partial charge is 0.116 e. The van der Waals surface area contributed by atoms with Gasteiger partial charge in [0.25, 0.3) is 0 Å². The Bertz CT molecular complexity index is 549. The molecule has 3 N–H and O–H groups in total. The van der Waals surface area contributed by atoms with E-state index in [1.807, 2.05) is 24.3 Å². The largest absolute Gasteiger partial charge is 0.508 e. The molecule has 0 radical (unpaired) electrons. The van der Waals surface area contributed by atoms with Gasteiger partial charge in [0.05, 0.1) is 6.54 Å². The summed E-state index contributed by atoms with van der Waals surface area (Å²) >= 11 is 0. The number of fused-ring (bicyclic) bond motifs is 1. The minimum Gasteiger partial charge on any atom is -0.508 e. The van der Waals surface area contributed by atoms with Crippen molar-refractivity contribution in [1.29, 1.82) is 0 Å². The summed E-state index contributed by atoms with van der Waals surface area (Å²) < 4.78 is 0. The van der Waals surface area contributed by atoms with Crippen molar-refractivity contribution in [1.82, 2.24) is 0 Å². The van der Waals surface area contributed by atoms with E-state index in [-0.39, 0.29) is 5.75 Å². The molecule has 2 aromatic rings. The van der Waals surface area contributed by atoms with E-state index in [4.69, 9.17) is 5.73 Å². The number of benzene rings is 2. The Labute approximate surface area is 88.3 Å². The fraction of sp³-hybridized carbons (Fsp3) is 0.0769. The van der Waals surface area contributed by atoms with Gasteiger partial charge in [-0.05, 0) is 35.0 Å². The fourth-order valence-electron chi connectivity index (χ4n) is 1.46. The van der Waals surface area contributed by atoms with E-state index in [9.17, 15) is 5.11 Å². The van der Waals surface area contributed by atoms with Crippen molar-refractivity contribution >= 4 is 10.8 Å². The Balaban J connectivity index is 2.54. The molecule has 0 aliphatic rings.